The van der Waals surface area contributed by atoms with Crippen molar-refractivity contribution in [2.75, 3.05) is 19.7 Å². The second-order valence-electron chi connectivity index (χ2n) is 5.13. The number of fused-ring (bicyclic) bond motifs is 1. The molecule has 0 saturated carbocycles. The van der Waals surface area contributed by atoms with E-state index in [-0.39, 0.29) is 24.7 Å². The van der Waals surface area contributed by atoms with Gasteiger partial charge in [0.2, 0.25) is 0 Å². The third-order valence-electron chi connectivity index (χ3n) is 3.52. The van der Waals surface area contributed by atoms with Crippen LogP contribution in [0.3, 0.4) is 0 Å². The molecule has 0 aliphatic carbocycles. The molecule has 1 N–H and O–H groups in total. The van der Waals surface area contributed by atoms with Crippen molar-refractivity contribution in [3.63, 3.8) is 0 Å². The van der Waals surface area contributed by atoms with Crippen LogP contribution in [0.15, 0.2) is 24.3 Å². The lowest BCUT2D eigenvalue weighted by molar-refractivity contribution is -0.141. The number of halogens is 1. The maximum absolute atomic E-state index is 13.2. The normalized spacial score (nSPS) is 18.6. The van der Waals surface area contributed by atoms with Crippen LogP contribution in [-0.4, -0.2) is 47.7 Å². The number of hydrogen-bond acceptors (Lipinski definition) is 4. The molecule has 2 aromatic rings. The molecule has 1 fully saturated rings. The molecule has 116 valence electrons. The first-order chi connectivity index (χ1) is 10.5. The molecular formula is C15H14FNO4S. The zero-order valence-electron chi connectivity index (χ0n) is 11.6. The van der Waals surface area contributed by atoms with Gasteiger partial charge in [0, 0.05) is 17.8 Å². The van der Waals surface area contributed by atoms with Gasteiger partial charge in [-0.05, 0) is 29.7 Å². The van der Waals surface area contributed by atoms with Crippen molar-refractivity contribution in [1.29, 1.82) is 0 Å². The molecule has 1 atom stereocenters. The number of rotatable bonds is 3. The molecular weight excluding hydrogens is 309 g/mol. The maximum Gasteiger partial charge on any atom is 0.306 e. The Hall–Kier alpha value is -1.99. The van der Waals surface area contributed by atoms with Crippen molar-refractivity contribution in [2.45, 2.75) is 12.5 Å². The topological polar surface area (TPSA) is 66.8 Å². The molecule has 0 bridgehead atoms. The van der Waals surface area contributed by atoms with Gasteiger partial charge in [0.1, 0.15) is 5.82 Å². The van der Waals surface area contributed by atoms with E-state index in [1.54, 1.807) is 17.0 Å². The molecule has 1 aromatic carbocycles. The van der Waals surface area contributed by atoms with Crippen molar-refractivity contribution in [3.8, 4) is 0 Å². The first-order valence-corrected chi connectivity index (χ1v) is 7.66. The lowest BCUT2D eigenvalue weighted by Gasteiger charge is -2.32. The Kier molecular flexibility index (Phi) is 4.08. The van der Waals surface area contributed by atoms with Crippen LogP contribution >= 0.6 is 11.3 Å². The number of carboxylic acid groups (broad SMARTS) is 1. The molecule has 1 aliphatic rings. The highest BCUT2D eigenvalue weighted by atomic mass is 32.1. The van der Waals surface area contributed by atoms with Crippen molar-refractivity contribution in [1.82, 2.24) is 4.90 Å². The number of amides is 1. The van der Waals surface area contributed by atoms with Gasteiger partial charge in [-0.3, -0.25) is 9.59 Å². The second-order valence-corrected chi connectivity index (χ2v) is 6.22. The molecule has 22 heavy (non-hydrogen) atoms. The van der Waals surface area contributed by atoms with Gasteiger partial charge in [-0.25, -0.2) is 4.39 Å². The molecule has 1 aliphatic heterocycles. The van der Waals surface area contributed by atoms with Gasteiger partial charge in [0.25, 0.3) is 5.91 Å². The minimum absolute atomic E-state index is 0.124. The fourth-order valence-electron chi connectivity index (χ4n) is 2.50. The van der Waals surface area contributed by atoms with E-state index in [1.807, 2.05) is 0 Å². The summed E-state index contributed by atoms with van der Waals surface area (Å²) in [5.41, 5.74) is 0. The third kappa shape index (κ3) is 3.10. The summed E-state index contributed by atoms with van der Waals surface area (Å²) in [5.74, 6) is -1.45. The summed E-state index contributed by atoms with van der Waals surface area (Å²) >= 11 is 1.31. The van der Waals surface area contributed by atoms with Crippen LogP contribution in [0.2, 0.25) is 0 Å². The largest absolute Gasteiger partial charge is 0.481 e. The van der Waals surface area contributed by atoms with Gasteiger partial charge in [0.05, 0.1) is 24.0 Å². The zero-order chi connectivity index (χ0) is 15.7. The highest BCUT2D eigenvalue weighted by Crippen LogP contribution is 2.27. The number of carboxylic acids is 1. The van der Waals surface area contributed by atoms with E-state index < -0.39 is 12.1 Å². The summed E-state index contributed by atoms with van der Waals surface area (Å²) in [4.78, 5) is 25.4. The molecule has 0 radical (unpaired) electrons. The van der Waals surface area contributed by atoms with Crippen LogP contribution in [0.4, 0.5) is 4.39 Å². The number of carbonyl (C=O) groups excluding carboxylic acids is 1. The average molecular weight is 323 g/mol. The molecule has 1 amide bonds. The SMILES string of the molecule is O=C(O)CC1CN(C(=O)c2cc3cc(F)ccc3s2)CCO1. The van der Waals surface area contributed by atoms with Crippen molar-refractivity contribution < 1.29 is 23.8 Å². The van der Waals surface area contributed by atoms with Crippen LogP contribution in [0.25, 0.3) is 10.1 Å². The van der Waals surface area contributed by atoms with E-state index >= 15 is 0 Å². The zero-order valence-corrected chi connectivity index (χ0v) is 12.4. The lowest BCUT2D eigenvalue weighted by atomic mass is 10.2. The lowest BCUT2D eigenvalue weighted by Crippen LogP contribution is -2.46. The van der Waals surface area contributed by atoms with Crippen LogP contribution < -0.4 is 0 Å². The first kappa shape index (κ1) is 14.9. The molecule has 7 heteroatoms. The van der Waals surface area contributed by atoms with Gasteiger partial charge >= 0.3 is 5.97 Å². The van der Waals surface area contributed by atoms with Crippen LogP contribution in [-0.2, 0) is 9.53 Å². The van der Waals surface area contributed by atoms with Crippen molar-refractivity contribution >= 4 is 33.3 Å². The van der Waals surface area contributed by atoms with Crippen LogP contribution in [0.1, 0.15) is 16.1 Å². The fraction of sp³-hybridized carbons (Fsp3) is 0.333. The summed E-state index contributed by atoms with van der Waals surface area (Å²) in [6, 6.07) is 6.09. The van der Waals surface area contributed by atoms with E-state index in [9.17, 15) is 14.0 Å². The highest BCUT2D eigenvalue weighted by Gasteiger charge is 2.27. The molecule has 1 unspecified atom stereocenters. The quantitative estimate of drug-likeness (QED) is 0.941. The summed E-state index contributed by atoms with van der Waals surface area (Å²) in [5, 5.41) is 9.51. The number of carbonyl (C=O) groups is 2. The van der Waals surface area contributed by atoms with Gasteiger partial charge in [-0.1, -0.05) is 0 Å². The summed E-state index contributed by atoms with van der Waals surface area (Å²) in [7, 11) is 0. The Labute approximate surface area is 129 Å². The molecule has 2 heterocycles. The fourth-order valence-corrected chi connectivity index (χ4v) is 3.51. The smallest absolute Gasteiger partial charge is 0.306 e. The minimum atomic E-state index is -0.948. The van der Waals surface area contributed by atoms with Gasteiger partial charge in [0.15, 0.2) is 0 Å². The Morgan fingerprint density at radius 3 is 3.00 bits per heavy atom. The summed E-state index contributed by atoms with van der Waals surface area (Å²) in [6.45, 7) is 1.01. The van der Waals surface area contributed by atoms with Gasteiger partial charge in [-0.15, -0.1) is 11.3 Å². The predicted molar refractivity (Wildman–Crippen MR) is 79.7 cm³/mol. The molecule has 1 aromatic heterocycles. The number of hydrogen-bond donors (Lipinski definition) is 1. The second kappa shape index (κ2) is 6.02. The molecule has 1 saturated heterocycles. The number of thiophene rings is 1. The monoisotopic (exact) mass is 323 g/mol. The van der Waals surface area contributed by atoms with E-state index in [0.717, 1.165) is 4.70 Å². The standard InChI is InChI=1S/C15H14FNO4S/c16-10-1-2-12-9(5-10)6-13(22-12)15(20)17-3-4-21-11(8-17)7-14(18)19/h1-2,5-6,11H,3-4,7-8H2,(H,18,19). The Balaban J connectivity index is 1.78. The van der Waals surface area contributed by atoms with Crippen LogP contribution in [0.5, 0.6) is 0 Å². The summed E-state index contributed by atoms with van der Waals surface area (Å²) < 4.78 is 19.4. The van der Waals surface area contributed by atoms with E-state index in [1.165, 1.54) is 23.5 Å². The van der Waals surface area contributed by atoms with E-state index in [4.69, 9.17) is 9.84 Å². The number of morpholine rings is 1. The Bertz CT molecular complexity index is 729. The first-order valence-electron chi connectivity index (χ1n) is 6.84. The molecule has 0 spiro atoms. The van der Waals surface area contributed by atoms with E-state index in [0.29, 0.717) is 23.4 Å². The van der Waals surface area contributed by atoms with Gasteiger partial charge < -0.3 is 14.7 Å². The summed E-state index contributed by atoms with van der Waals surface area (Å²) in [6.07, 6.45) is -0.608. The van der Waals surface area contributed by atoms with Crippen molar-refractivity contribution in [2.24, 2.45) is 0 Å². The van der Waals surface area contributed by atoms with Gasteiger partial charge in [-0.2, -0.15) is 0 Å². The highest BCUT2D eigenvalue weighted by molar-refractivity contribution is 7.20. The third-order valence-corrected chi connectivity index (χ3v) is 4.62. The Morgan fingerprint density at radius 2 is 2.23 bits per heavy atom. The average Bonchev–Trinajstić information content (AvgIpc) is 2.89. The molecule has 5 nitrogen and oxygen atoms in total. The predicted octanol–water partition coefficient (Wildman–Crippen LogP) is 2.36. The maximum atomic E-state index is 13.2. The number of aliphatic carboxylic acids is 1. The van der Waals surface area contributed by atoms with E-state index in [2.05, 4.69) is 0 Å². The molecule has 3 rings (SSSR count). The number of benzene rings is 1. The number of ether oxygens (including phenoxy) is 1. The van der Waals surface area contributed by atoms with Crippen molar-refractivity contribution in [3.05, 3.63) is 35.0 Å². The minimum Gasteiger partial charge on any atom is -0.481 e. The van der Waals surface area contributed by atoms with Crippen LogP contribution in [0, 0.1) is 5.82 Å². The number of nitrogens with zero attached hydrogens (tertiary/aromatic N) is 1. The Morgan fingerprint density at radius 1 is 1.41 bits per heavy atom.